The predicted molar refractivity (Wildman–Crippen MR) is 89.0 cm³/mol. The minimum Gasteiger partial charge on any atom is -0.368 e. The van der Waals surface area contributed by atoms with Crippen LogP contribution in [-0.2, 0) is 22.4 Å². The monoisotopic (exact) mass is 396 g/mol. The van der Waals surface area contributed by atoms with Crippen molar-refractivity contribution in [1.29, 1.82) is 0 Å². The molecule has 0 aliphatic carbocycles. The van der Waals surface area contributed by atoms with Gasteiger partial charge in [0.25, 0.3) is 0 Å². The number of nitrogens with two attached hydrogens (primary N) is 1. The van der Waals surface area contributed by atoms with E-state index in [1.165, 1.54) is 6.07 Å². The van der Waals surface area contributed by atoms with Gasteiger partial charge in [-0.2, -0.15) is 0 Å². The molecular weight excluding hydrogens is 382 g/mol. The molecule has 4 nitrogen and oxygen atoms in total. The van der Waals surface area contributed by atoms with E-state index < -0.39 is 29.5 Å². The zero-order chi connectivity index (χ0) is 17.7. The van der Waals surface area contributed by atoms with Crippen LogP contribution in [0.2, 0.25) is 0 Å². The molecule has 3 N–H and O–H groups in total. The molecule has 1 atom stereocenters. The average Bonchev–Trinajstić information content (AvgIpc) is 2.52. The van der Waals surface area contributed by atoms with Crippen LogP contribution in [0.5, 0.6) is 0 Å². The van der Waals surface area contributed by atoms with Gasteiger partial charge >= 0.3 is 0 Å². The summed E-state index contributed by atoms with van der Waals surface area (Å²) in [5, 5.41) is 2.52. The fourth-order valence-corrected chi connectivity index (χ4v) is 2.42. The Morgan fingerprint density at radius 2 is 1.67 bits per heavy atom. The van der Waals surface area contributed by atoms with Gasteiger partial charge in [0.2, 0.25) is 11.8 Å². The highest BCUT2D eigenvalue weighted by Gasteiger charge is 2.19. The molecule has 0 radical (unpaired) electrons. The molecular formula is C17H15BrF2N2O2. The molecule has 2 aromatic rings. The van der Waals surface area contributed by atoms with Crippen molar-refractivity contribution in [3.8, 4) is 0 Å². The summed E-state index contributed by atoms with van der Waals surface area (Å²) in [6, 6.07) is 9.57. The van der Waals surface area contributed by atoms with Crippen molar-refractivity contribution < 1.29 is 18.4 Å². The maximum absolute atomic E-state index is 13.2. The summed E-state index contributed by atoms with van der Waals surface area (Å²) < 4.78 is 26.9. The van der Waals surface area contributed by atoms with Crippen LogP contribution in [0.1, 0.15) is 11.1 Å². The Bertz CT molecular complexity index is 751. The number of primary amides is 1. The molecule has 2 rings (SSSR count). The Labute approximate surface area is 146 Å². The SMILES string of the molecule is NC(=O)[C@H](Cc1ccc(Br)cc1)NC(=O)Cc1ccc(F)c(F)c1. The van der Waals surface area contributed by atoms with Gasteiger partial charge in [0.05, 0.1) is 6.42 Å². The fourth-order valence-electron chi connectivity index (χ4n) is 2.16. The van der Waals surface area contributed by atoms with E-state index in [1.807, 2.05) is 24.3 Å². The zero-order valence-electron chi connectivity index (χ0n) is 12.6. The summed E-state index contributed by atoms with van der Waals surface area (Å²) in [6.45, 7) is 0. The Morgan fingerprint density at radius 1 is 1.04 bits per heavy atom. The van der Waals surface area contributed by atoms with Crippen LogP contribution >= 0.6 is 15.9 Å². The van der Waals surface area contributed by atoms with Crippen LogP contribution in [0, 0.1) is 11.6 Å². The first-order chi connectivity index (χ1) is 11.3. The number of nitrogens with one attached hydrogen (secondary N) is 1. The number of amides is 2. The summed E-state index contributed by atoms with van der Waals surface area (Å²) in [4.78, 5) is 23.6. The smallest absolute Gasteiger partial charge is 0.240 e. The van der Waals surface area contributed by atoms with Gasteiger partial charge in [0, 0.05) is 10.9 Å². The van der Waals surface area contributed by atoms with Crippen molar-refractivity contribution in [3.63, 3.8) is 0 Å². The van der Waals surface area contributed by atoms with E-state index in [4.69, 9.17) is 5.73 Å². The number of hydrogen-bond acceptors (Lipinski definition) is 2. The van der Waals surface area contributed by atoms with Crippen molar-refractivity contribution in [2.45, 2.75) is 18.9 Å². The predicted octanol–water partition coefficient (Wildman–Crippen LogP) is 2.48. The van der Waals surface area contributed by atoms with Gasteiger partial charge < -0.3 is 11.1 Å². The summed E-state index contributed by atoms with van der Waals surface area (Å²) >= 11 is 3.31. The van der Waals surface area contributed by atoms with Crippen LogP contribution in [-0.4, -0.2) is 17.9 Å². The molecule has 2 aromatic carbocycles. The molecule has 0 spiro atoms. The molecule has 0 aromatic heterocycles. The van der Waals surface area contributed by atoms with Gasteiger partial charge in [-0.15, -0.1) is 0 Å². The van der Waals surface area contributed by atoms with E-state index in [1.54, 1.807) is 0 Å². The van der Waals surface area contributed by atoms with Crippen molar-refractivity contribution in [3.05, 3.63) is 69.7 Å². The first kappa shape index (κ1) is 18.1. The van der Waals surface area contributed by atoms with Gasteiger partial charge in [-0.3, -0.25) is 9.59 Å². The lowest BCUT2D eigenvalue weighted by molar-refractivity contribution is -0.127. The normalized spacial score (nSPS) is 11.8. The molecule has 0 aliphatic rings. The van der Waals surface area contributed by atoms with Gasteiger partial charge in [0.1, 0.15) is 6.04 Å². The Kier molecular flexibility index (Phi) is 6.03. The number of carbonyl (C=O) groups is 2. The molecule has 126 valence electrons. The third-order valence-corrected chi connectivity index (χ3v) is 3.91. The lowest BCUT2D eigenvalue weighted by Gasteiger charge is -2.16. The Morgan fingerprint density at radius 3 is 2.25 bits per heavy atom. The summed E-state index contributed by atoms with van der Waals surface area (Å²) in [5.74, 6) is -3.18. The number of carbonyl (C=O) groups excluding carboxylic acids is 2. The zero-order valence-corrected chi connectivity index (χ0v) is 14.1. The maximum Gasteiger partial charge on any atom is 0.240 e. The first-order valence-corrected chi connectivity index (χ1v) is 7.91. The van der Waals surface area contributed by atoms with Gasteiger partial charge in [-0.05, 0) is 35.4 Å². The minimum atomic E-state index is -1.03. The highest BCUT2D eigenvalue weighted by Crippen LogP contribution is 2.12. The van der Waals surface area contributed by atoms with E-state index in [0.717, 1.165) is 22.2 Å². The van der Waals surface area contributed by atoms with Crippen molar-refractivity contribution in [2.75, 3.05) is 0 Å². The maximum atomic E-state index is 13.2. The summed E-state index contributed by atoms with van der Waals surface area (Å²) in [5.41, 5.74) is 6.46. The van der Waals surface area contributed by atoms with Crippen LogP contribution in [0.25, 0.3) is 0 Å². The van der Waals surface area contributed by atoms with Crippen LogP contribution in [0.3, 0.4) is 0 Å². The average molecular weight is 397 g/mol. The molecule has 0 heterocycles. The molecule has 0 unspecified atom stereocenters. The van der Waals surface area contributed by atoms with Crippen LogP contribution < -0.4 is 11.1 Å². The molecule has 7 heteroatoms. The summed E-state index contributed by atoms with van der Waals surface area (Å²) in [7, 11) is 0. The number of rotatable bonds is 6. The molecule has 24 heavy (non-hydrogen) atoms. The second-order valence-electron chi connectivity index (χ2n) is 5.28. The van der Waals surface area contributed by atoms with E-state index in [9.17, 15) is 18.4 Å². The van der Waals surface area contributed by atoms with Crippen molar-refractivity contribution >= 4 is 27.7 Å². The lowest BCUT2D eigenvalue weighted by atomic mass is 10.0. The molecule has 0 aliphatic heterocycles. The molecule has 0 fully saturated rings. The van der Waals surface area contributed by atoms with Crippen LogP contribution in [0.15, 0.2) is 46.9 Å². The molecule has 2 amide bonds. The lowest BCUT2D eigenvalue weighted by Crippen LogP contribution is -2.46. The summed E-state index contributed by atoms with van der Waals surface area (Å²) in [6.07, 6.45) is 0.0629. The number of benzene rings is 2. The highest BCUT2D eigenvalue weighted by atomic mass is 79.9. The Hall–Kier alpha value is -2.28. The first-order valence-electron chi connectivity index (χ1n) is 7.12. The van der Waals surface area contributed by atoms with Gasteiger partial charge in [-0.25, -0.2) is 8.78 Å². The van der Waals surface area contributed by atoms with Crippen molar-refractivity contribution in [2.24, 2.45) is 5.73 Å². The van der Waals surface area contributed by atoms with E-state index in [-0.39, 0.29) is 12.8 Å². The van der Waals surface area contributed by atoms with Crippen LogP contribution in [0.4, 0.5) is 8.78 Å². The van der Waals surface area contributed by atoms with E-state index >= 15 is 0 Å². The number of halogens is 3. The second-order valence-corrected chi connectivity index (χ2v) is 6.19. The largest absolute Gasteiger partial charge is 0.368 e. The molecule has 0 bridgehead atoms. The second kappa shape index (κ2) is 8.01. The van der Waals surface area contributed by atoms with Gasteiger partial charge in [0.15, 0.2) is 11.6 Å². The van der Waals surface area contributed by atoms with Crippen molar-refractivity contribution in [1.82, 2.24) is 5.32 Å². The number of hydrogen-bond donors (Lipinski definition) is 2. The quantitative estimate of drug-likeness (QED) is 0.786. The fraction of sp³-hybridized carbons (Fsp3) is 0.176. The van der Waals surface area contributed by atoms with E-state index in [2.05, 4.69) is 21.2 Å². The molecule has 0 saturated carbocycles. The minimum absolute atomic E-state index is 0.179. The van der Waals surface area contributed by atoms with Gasteiger partial charge in [-0.1, -0.05) is 34.1 Å². The highest BCUT2D eigenvalue weighted by molar-refractivity contribution is 9.10. The van der Waals surface area contributed by atoms with E-state index in [0.29, 0.717) is 5.56 Å². The standard InChI is InChI=1S/C17H15BrF2N2O2/c18-12-4-1-10(2-5-12)8-15(17(21)24)22-16(23)9-11-3-6-13(19)14(20)7-11/h1-7,15H,8-9H2,(H2,21,24)(H,22,23)/t15-/m0/s1. The molecule has 0 saturated heterocycles. The Balaban J connectivity index is 2.01. The topological polar surface area (TPSA) is 72.2 Å². The third-order valence-electron chi connectivity index (χ3n) is 3.38. The third kappa shape index (κ3) is 5.13.